The molecule has 0 saturated heterocycles. The monoisotopic (exact) mass is 570 g/mol. The molecule has 41 heavy (non-hydrogen) atoms. The van der Waals surface area contributed by atoms with Crippen molar-refractivity contribution < 1.29 is 19.1 Å². The molecule has 0 N–H and O–H groups in total. The first-order chi connectivity index (χ1) is 20.0. The molecule has 1 aliphatic carbocycles. The van der Waals surface area contributed by atoms with E-state index in [-0.39, 0.29) is 23.1 Å². The van der Waals surface area contributed by atoms with Gasteiger partial charge >= 0.3 is 212 Å². The predicted molar refractivity (Wildman–Crippen MR) is 172 cm³/mol. The molecule has 0 amide bonds. The van der Waals surface area contributed by atoms with Crippen LogP contribution >= 0.6 is 7.26 Å². The van der Waals surface area contributed by atoms with Crippen molar-refractivity contribution >= 4 is 34.7 Å². The fraction of sp³-hybridized carbons (Fsp3) is 0.333. The third kappa shape index (κ3) is 6.88. The summed E-state index contributed by atoms with van der Waals surface area (Å²) >= 11 is 0. The second kappa shape index (κ2) is 14.9. The van der Waals surface area contributed by atoms with Crippen molar-refractivity contribution in [1.29, 1.82) is 0 Å². The standard InChI is InChI=1S/C36H43O4P/c1-28-32(34(38)36(40-3)35(39-2)33(28)37)26-18-7-5-4-6-8-19-27-41(29-20-12-9-13-21-29,30-22-14-10-15-23-30)31-24-16-11-17-25-31/h9-17,20-25,41H,4-8,18-19,26-27H2,1-3H3. The van der Waals surface area contributed by atoms with E-state index in [1.165, 1.54) is 62.0 Å². The third-order valence-electron chi connectivity index (χ3n) is 8.37. The Balaban J connectivity index is 1.31. The molecular formula is C36H43O4P. The SMILES string of the molecule is COC1=C(OC)C(=O)C(CCCCCCCCC[PH](c2ccccc2)(c2ccccc2)c2ccccc2)=C(C)C1=O. The minimum Gasteiger partial charge on any atom is -0.285 e. The Morgan fingerprint density at radius 1 is 0.537 bits per heavy atom. The van der Waals surface area contributed by atoms with E-state index < -0.39 is 7.26 Å². The molecule has 0 bridgehead atoms. The topological polar surface area (TPSA) is 52.6 Å². The molecule has 3 aromatic rings. The average molecular weight is 571 g/mol. The molecule has 0 aromatic heterocycles. The summed E-state index contributed by atoms with van der Waals surface area (Å²) in [5.74, 6) is -0.429. The van der Waals surface area contributed by atoms with Crippen LogP contribution in [0.15, 0.2) is 114 Å². The van der Waals surface area contributed by atoms with Crippen molar-refractivity contribution in [2.75, 3.05) is 20.4 Å². The van der Waals surface area contributed by atoms with Crippen LogP contribution in [-0.2, 0) is 19.1 Å². The van der Waals surface area contributed by atoms with Crippen molar-refractivity contribution in [2.45, 2.75) is 58.3 Å². The summed E-state index contributed by atoms with van der Waals surface area (Å²) < 4.78 is 10.3. The zero-order chi connectivity index (χ0) is 29.1. The van der Waals surface area contributed by atoms with Crippen molar-refractivity contribution in [1.82, 2.24) is 0 Å². The summed E-state index contributed by atoms with van der Waals surface area (Å²) in [5, 5.41) is 4.42. The van der Waals surface area contributed by atoms with E-state index in [4.69, 9.17) is 9.47 Å². The first-order valence-electron chi connectivity index (χ1n) is 14.8. The Hall–Kier alpha value is -3.49. The van der Waals surface area contributed by atoms with E-state index in [1.54, 1.807) is 6.92 Å². The summed E-state index contributed by atoms with van der Waals surface area (Å²) in [6.45, 7) is 1.71. The van der Waals surface area contributed by atoms with Crippen molar-refractivity contribution in [2.24, 2.45) is 0 Å². The molecular weight excluding hydrogens is 527 g/mol. The second-order valence-electron chi connectivity index (χ2n) is 10.8. The molecule has 0 radical (unpaired) electrons. The van der Waals surface area contributed by atoms with Crippen LogP contribution in [-0.4, -0.2) is 31.9 Å². The maximum absolute atomic E-state index is 12.8. The van der Waals surface area contributed by atoms with Crippen LogP contribution in [0, 0.1) is 0 Å². The summed E-state index contributed by atoms with van der Waals surface area (Å²) in [7, 11) is 0.653. The van der Waals surface area contributed by atoms with E-state index in [0.29, 0.717) is 17.6 Å². The van der Waals surface area contributed by atoms with Gasteiger partial charge < -0.3 is 9.47 Å². The number of methoxy groups -OCH3 is 2. The van der Waals surface area contributed by atoms with Crippen LogP contribution in [0.4, 0.5) is 0 Å². The van der Waals surface area contributed by atoms with Crippen LogP contribution in [0.3, 0.4) is 0 Å². The first kappa shape index (κ1) is 30.5. The van der Waals surface area contributed by atoms with Crippen LogP contribution in [0.2, 0.25) is 0 Å². The van der Waals surface area contributed by atoms with E-state index in [1.807, 2.05) is 0 Å². The maximum atomic E-state index is 12.8. The molecule has 0 aliphatic heterocycles. The molecule has 3 aromatic carbocycles. The van der Waals surface area contributed by atoms with Gasteiger partial charge in [0.05, 0.1) is 14.2 Å². The normalized spacial score (nSPS) is 14.4. The Kier molecular flexibility index (Phi) is 11.1. The number of hydrogen-bond acceptors (Lipinski definition) is 4. The summed E-state index contributed by atoms with van der Waals surface area (Å²) in [5.41, 5.74) is 1.05. The van der Waals surface area contributed by atoms with E-state index in [9.17, 15) is 9.59 Å². The molecule has 5 heteroatoms. The van der Waals surface area contributed by atoms with Crippen LogP contribution in [0.5, 0.6) is 0 Å². The van der Waals surface area contributed by atoms with Gasteiger partial charge in [-0.25, -0.2) is 0 Å². The minimum absolute atomic E-state index is 0.0117. The first-order valence-corrected chi connectivity index (χ1v) is 17.0. The molecule has 4 rings (SSSR count). The third-order valence-corrected chi connectivity index (χ3v) is 13.4. The molecule has 0 saturated carbocycles. The van der Waals surface area contributed by atoms with Gasteiger partial charge in [-0.05, 0) is 0 Å². The quantitative estimate of drug-likeness (QED) is 0.115. The summed E-state index contributed by atoms with van der Waals surface area (Å²) in [4.78, 5) is 25.4. The number of Topliss-reactive ketones (excluding diaryl/α,β-unsaturated/α-hetero) is 2. The number of carbonyl (C=O) groups excluding carboxylic acids is 2. The van der Waals surface area contributed by atoms with Gasteiger partial charge in [0.2, 0.25) is 5.76 Å². The number of ketones is 2. The van der Waals surface area contributed by atoms with Crippen LogP contribution in [0.1, 0.15) is 58.3 Å². The fourth-order valence-electron chi connectivity index (χ4n) is 6.17. The number of unbranched alkanes of at least 4 members (excludes halogenated alkanes) is 6. The molecule has 4 nitrogen and oxygen atoms in total. The second-order valence-corrected chi connectivity index (χ2v) is 14.8. The van der Waals surface area contributed by atoms with E-state index >= 15 is 0 Å². The van der Waals surface area contributed by atoms with Gasteiger partial charge in [0, 0.05) is 0 Å². The fourth-order valence-corrected chi connectivity index (χ4v) is 11.1. The van der Waals surface area contributed by atoms with E-state index in [2.05, 4.69) is 91.0 Å². The summed E-state index contributed by atoms with van der Waals surface area (Å²) in [6.07, 6.45) is 9.63. The van der Waals surface area contributed by atoms with Gasteiger partial charge in [-0.2, -0.15) is 0 Å². The zero-order valence-electron chi connectivity index (χ0n) is 24.7. The Labute approximate surface area is 245 Å². The van der Waals surface area contributed by atoms with Gasteiger partial charge in [0.25, 0.3) is 0 Å². The zero-order valence-corrected chi connectivity index (χ0v) is 25.7. The molecule has 1 aliphatic rings. The van der Waals surface area contributed by atoms with Gasteiger partial charge in [0.15, 0.2) is 0 Å². The van der Waals surface area contributed by atoms with Crippen LogP contribution in [0.25, 0.3) is 0 Å². The number of benzene rings is 3. The predicted octanol–water partition coefficient (Wildman–Crippen LogP) is 6.81. The van der Waals surface area contributed by atoms with Gasteiger partial charge in [-0.3, -0.25) is 4.79 Å². The van der Waals surface area contributed by atoms with Crippen molar-refractivity contribution in [3.8, 4) is 0 Å². The molecule has 0 atom stereocenters. The van der Waals surface area contributed by atoms with Gasteiger partial charge in [0.1, 0.15) is 0 Å². The van der Waals surface area contributed by atoms with E-state index in [0.717, 1.165) is 19.3 Å². The number of carbonyl (C=O) groups is 2. The molecule has 0 unspecified atom stereocenters. The Morgan fingerprint density at radius 2 is 0.927 bits per heavy atom. The molecule has 0 spiro atoms. The number of allylic oxidation sites excluding steroid dienone is 2. The smallest absolute Gasteiger partial charge is 0.285 e. The Bertz CT molecular complexity index is 1260. The van der Waals surface area contributed by atoms with Gasteiger partial charge in [-0.1, -0.05) is 0 Å². The van der Waals surface area contributed by atoms with Crippen molar-refractivity contribution in [3.63, 3.8) is 0 Å². The minimum atomic E-state index is -2.15. The summed E-state index contributed by atoms with van der Waals surface area (Å²) in [6, 6.07) is 33.4. The number of hydrogen-bond donors (Lipinski definition) is 0. The molecule has 0 fully saturated rings. The Morgan fingerprint density at radius 3 is 1.37 bits per heavy atom. The molecule has 216 valence electrons. The van der Waals surface area contributed by atoms with Crippen molar-refractivity contribution in [3.05, 3.63) is 114 Å². The number of rotatable bonds is 15. The average Bonchev–Trinajstić information content (AvgIpc) is 3.02. The van der Waals surface area contributed by atoms with Gasteiger partial charge in [-0.15, -0.1) is 0 Å². The number of ether oxygens (including phenoxy) is 2. The molecule has 0 heterocycles. The van der Waals surface area contributed by atoms with Crippen LogP contribution < -0.4 is 15.9 Å².